The van der Waals surface area contributed by atoms with Crippen LogP contribution in [0.25, 0.3) is 21.9 Å². The van der Waals surface area contributed by atoms with E-state index in [1.165, 1.54) is 9.80 Å². The van der Waals surface area contributed by atoms with E-state index in [2.05, 4.69) is 0 Å². The van der Waals surface area contributed by atoms with Gasteiger partial charge in [0.1, 0.15) is 34.5 Å². The molecule has 13 nitrogen and oxygen atoms in total. The molecule has 3 fully saturated rings. The summed E-state index contributed by atoms with van der Waals surface area (Å²) in [6, 6.07) is 8.04. The van der Waals surface area contributed by atoms with Crippen LogP contribution in [0.3, 0.4) is 0 Å². The number of likely N-dealkylation sites (tertiary alicyclic amines) is 2. The lowest BCUT2D eigenvalue weighted by Gasteiger charge is -2.35. The van der Waals surface area contributed by atoms with Crippen molar-refractivity contribution in [3.05, 3.63) is 47.5 Å². The molecular weight excluding hydrogens is 660 g/mol. The average Bonchev–Trinajstić information content (AvgIpc) is 3.86. The van der Waals surface area contributed by atoms with Crippen molar-refractivity contribution in [1.82, 2.24) is 9.80 Å². The molecule has 1 saturated carbocycles. The van der Waals surface area contributed by atoms with Crippen LogP contribution in [0, 0.1) is 5.92 Å². The van der Waals surface area contributed by atoms with Crippen molar-refractivity contribution >= 4 is 57.6 Å². The van der Waals surface area contributed by atoms with Gasteiger partial charge in [0.2, 0.25) is 0 Å². The van der Waals surface area contributed by atoms with Crippen molar-refractivity contribution in [1.29, 1.82) is 0 Å². The van der Waals surface area contributed by atoms with Crippen molar-refractivity contribution < 1.29 is 52.1 Å². The number of benzene rings is 2. The van der Waals surface area contributed by atoms with Crippen LogP contribution in [-0.4, -0.2) is 94.6 Å². The number of amides is 2. The molecule has 1 aliphatic carbocycles. The third-order valence-electron chi connectivity index (χ3n) is 9.39. The van der Waals surface area contributed by atoms with Gasteiger partial charge in [-0.05, 0) is 104 Å². The molecule has 0 N–H and O–H groups in total. The monoisotopic (exact) mass is 704 g/mol. The number of esters is 2. The van der Waals surface area contributed by atoms with Crippen LogP contribution in [0.15, 0.2) is 40.8 Å². The van der Waals surface area contributed by atoms with Gasteiger partial charge in [0, 0.05) is 34.5 Å². The largest absolute Gasteiger partial charge is 0.456 e. The maximum Gasteiger partial charge on any atom is 0.411 e. The van der Waals surface area contributed by atoms with Crippen LogP contribution in [0.1, 0.15) is 94.4 Å². The van der Waals surface area contributed by atoms with E-state index < -0.39 is 72.2 Å². The number of rotatable bonds is 8. The molecule has 0 spiro atoms. The summed E-state index contributed by atoms with van der Waals surface area (Å²) >= 11 is 0. The van der Waals surface area contributed by atoms with E-state index in [1.54, 1.807) is 77.9 Å². The number of hydrogen-bond acceptors (Lipinski definition) is 11. The average molecular weight is 705 g/mol. The smallest absolute Gasteiger partial charge is 0.411 e. The first kappa shape index (κ1) is 35.9. The molecule has 6 rings (SSSR count). The third-order valence-corrected chi connectivity index (χ3v) is 9.39. The number of furan rings is 1. The van der Waals surface area contributed by atoms with Gasteiger partial charge in [-0.1, -0.05) is 12.1 Å². The highest BCUT2D eigenvalue weighted by molar-refractivity contribution is 6.10. The number of fused-ring (bicyclic) bond motifs is 5. The van der Waals surface area contributed by atoms with Crippen molar-refractivity contribution in [3.8, 4) is 0 Å². The van der Waals surface area contributed by atoms with Gasteiger partial charge in [0.15, 0.2) is 24.8 Å². The third kappa shape index (κ3) is 7.72. The van der Waals surface area contributed by atoms with Crippen molar-refractivity contribution in [2.45, 2.75) is 103 Å². The Balaban J connectivity index is 1.07. The fourth-order valence-electron chi connectivity index (χ4n) is 7.16. The number of hydrogen-bond donors (Lipinski definition) is 0. The molecule has 2 aliphatic heterocycles. The Bertz CT molecular complexity index is 1900. The first-order chi connectivity index (χ1) is 24.0. The normalized spacial score (nSPS) is 21.6. The predicted molar refractivity (Wildman–Crippen MR) is 183 cm³/mol. The Kier molecular flexibility index (Phi) is 9.60. The van der Waals surface area contributed by atoms with Crippen LogP contribution >= 0.6 is 0 Å². The van der Waals surface area contributed by atoms with E-state index in [1.807, 2.05) is 0 Å². The summed E-state index contributed by atoms with van der Waals surface area (Å²) in [5.74, 6) is -2.23. The summed E-state index contributed by atoms with van der Waals surface area (Å²) in [6.45, 7) is 9.87. The summed E-state index contributed by atoms with van der Waals surface area (Å²) in [5, 5.41) is 1.42. The zero-order valence-corrected chi connectivity index (χ0v) is 29.8. The summed E-state index contributed by atoms with van der Waals surface area (Å²) in [7, 11) is 0. The molecule has 1 aromatic heterocycles. The van der Waals surface area contributed by atoms with Gasteiger partial charge in [-0.3, -0.25) is 19.4 Å². The SMILES string of the molecule is CC(C)(C)OC(=O)N1CCC[C@H]1C(=O)OCC(=O)c1ccc2c(c1)oc1cc(C(=O)COC(=O)[C@@H]3[C@@H]4CC[C@@H](C4)N3C(=O)OC(C)(C)C)ccc12. The number of ether oxygens (including phenoxy) is 4. The first-order valence-corrected chi connectivity index (χ1v) is 17.4. The number of piperidine rings is 1. The Hall–Kier alpha value is -4.94. The minimum atomic E-state index is -0.823. The molecule has 2 bridgehead atoms. The number of nitrogens with zero attached hydrogens (tertiary/aromatic N) is 2. The van der Waals surface area contributed by atoms with Crippen LogP contribution in [0.5, 0.6) is 0 Å². The van der Waals surface area contributed by atoms with Gasteiger partial charge in [0.25, 0.3) is 0 Å². The second-order valence-corrected chi connectivity index (χ2v) is 15.5. The summed E-state index contributed by atoms with van der Waals surface area (Å²) < 4.78 is 27.7. The Labute approximate surface area is 295 Å². The second kappa shape index (κ2) is 13.6. The summed E-state index contributed by atoms with van der Waals surface area (Å²) in [5.41, 5.74) is -0.118. The molecule has 13 heteroatoms. The van der Waals surface area contributed by atoms with Gasteiger partial charge < -0.3 is 23.4 Å². The van der Waals surface area contributed by atoms with Gasteiger partial charge in [0.05, 0.1) is 0 Å². The molecule has 2 saturated heterocycles. The van der Waals surface area contributed by atoms with E-state index >= 15 is 0 Å². The number of carbonyl (C=O) groups is 6. The number of carbonyl (C=O) groups excluding carboxylic acids is 6. The molecule has 2 aromatic carbocycles. The maximum absolute atomic E-state index is 13.2. The first-order valence-electron chi connectivity index (χ1n) is 17.4. The van der Waals surface area contributed by atoms with E-state index in [0.717, 1.165) is 12.8 Å². The lowest BCUT2D eigenvalue weighted by molar-refractivity contribution is -0.150. The molecule has 2 amide bonds. The Morgan fingerprint density at radius 1 is 0.725 bits per heavy atom. The zero-order chi connectivity index (χ0) is 36.8. The lowest BCUT2D eigenvalue weighted by atomic mass is 9.99. The van der Waals surface area contributed by atoms with E-state index in [0.29, 0.717) is 47.7 Å². The minimum Gasteiger partial charge on any atom is -0.456 e. The van der Waals surface area contributed by atoms with Crippen LogP contribution < -0.4 is 0 Å². The molecule has 3 aliphatic rings. The standard InChI is InChI=1S/C38H44N2O11/c1-37(2,3)50-35(45)39-15-7-8-27(39)33(43)47-19-28(41)21-10-13-25-26-14-11-22(18-31(26)49-30(25)17-21)29(42)20-48-34(44)32-23-9-12-24(16-23)40(32)36(46)51-38(4,5)6/h10-11,13-14,17-18,23-24,27,32H,7-9,12,15-16,19-20H2,1-6H3/t23-,24+,27+,32+/m1/s1. The minimum absolute atomic E-state index is 0.0392. The Morgan fingerprint density at radius 3 is 1.84 bits per heavy atom. The van der Waals surface area contributed by atoms with Gasteiger partial charge in [-0.2, -0.15) is 0 Å². The van der Waals surface area contributed by atoms with Crippen molar-refractivity contribution in [2.24, 2.45) is 5.92 Å². The summed E-state index contributed by atoms with van der Waals surface area (Å²) in [6.07, 6.45) is 2.17. The van der Waals surface area contributed by atoms with E-state index in [9.17, 15) is 28.8 Å². The molecule has 0 unspecified atom stereocenters. The molecule has 3 heterocycles. The topological polar surface area (TPSA) is 159 Å². The van der Waals surface area contributed by atoms with Gasteiger partial charge in [-0.15, -0.1) is 0 Å². The molecule has 0 radical (unpaired) electrons. The highest BCUT2D eigenvalue weighted by atomic mass is 16.6. The van der Waals surface area contributed by atoms with Crippen molar-refractivity contribution in [3.63, 3.8) is 0 Å². The predicted octanol–water partition coefficient (Wildman–Crippen LogP) is 6.23. The highest BCUT2D eigenvalue weighted by Crippen LogP contribution is 2.43. The van der Waals surface area contributed by atoms with E-state index in [-0.39, 0.29) is 23.1 Å². The maximum atomic E-state index is 13.2. The molecule has 3 aromatic rings. The van der Waals surface area contributed by atoms with Crippen LogP contribution in [0.2, 0.25) is 0 Å². The molecule has 4 atom stereocenters. The molecule has 51 heavy (non-hydrogen) atoms. The summed E-state index contributed by atoms with van der Waals surface area (Å²) in [4.78, 5) is 80.4. The highest BCUT2D eigenvalue weighted by Gasteiger charge is 2.53. The van der Waals surface area contributed by atoms with Gasteiger partial charge in [-0.25, -0.2) is 19.2 Å². The van der Waals surface area contributed by atoms with E-state index in [4.69, 9.17) is 23.4 Å². The zero-order valence-electron chi connectivity index (χ0n) is 29.8. The second-order valence-electron chi connectivity index (χ2n) is 15.5. The fraction of sp³-hybridized carbons (Fsp3) is 0.526. The van der Waals surface area contributed by atoms with Gasteiger partial charge >= 0.3 is 24.1 Å². The van der Waals surface area contributed by atoms with Crippen molar-refractivity contribution in [2.75, 3.05) is 19.8 Å². The number of Topliss-reactive ketones (excluding diaryl/α,β-unsaturated/α-hetero) is 2. The van der Waals surface area contributed by atoms with Crippen LogP contribution in [-0.2, 0) is 28.5 Å². The quantitative estimate of drug-likeness (QED) is 0.149. The number of ketones is 2. The molecule has 272 valence electrons. The lowest BCUT2D eigenvalue weighted by Crippen LogP contribution is -2.51. The molecular formula is C38H44N2O11. The van der Waals surface area contributed by atoms with Crippen LogP contribution in [0.4, 0.5) is 9.59 Å². The fourth-order valence-corrected chi connectivity index (χ4v) is 7.16. The Morgan fingerprint density at radius 2 is 1.27 bits per heavy atom.